The zero-order valence-electron chi connectivity index (χ0n) is 16.3. The molecule has 0 fully saturated rings. The third kappa shape index (κ3) is 5.49. The van der Waals surface area contributed by atoms with Crippen molar-refractivity contribution in [2.45, 2.75) is 9.79 Å². The minimum absolute atomic E-state index is 0.0543. The van der Waals surface area contributed by atoms with E-state index in [1.165, 1.54) is 63.8 Å². The van der Waals surface area contributed by atoms with Crippen molar-refractivity contribution in [1.29, 1.82) is 0 Å². The molecule has 0 aliphatic carbocycles. The van der Waals surface area contributed by atoms with Crippen LogP contribution >= 0.6 is 0 Å². The van der Waals surface area contributed by atoms with E-state index in [-0.39, 0.29) is 27.0 Å². The predicted octanol–water partition coefficient (Wildman–Crippen LogP) is 1.34. The molecule has 0 aromatic heterocycles. The van der Waals surface area contributed by atoms with E-state index < -0.39 is 26.0 Å². The van der Waals surface area contributed by atoms with Gasteiger partial charge in [-0.15, -0.1) is 0 Å². The number of hydrogen-bond donors (Lipinski definition) is 2. The molecule has 0 amide bonds. The second-order valence-electron chi connectivity index (χ2n) is 5.79. The molecule has 0 bridgehead atoms. The van der Waals surface area contributed by atoms with Crippen molar-refractivity contribution in [2.24, 2.45) is 5.14 Å². The van der Waals surface area contributed by atoms with Crippen LogP contribution in [-0.2, 0) is 29.6 Å². The fourth-order valence-corrected chi connectivity index (χ4v) is 4.19. The van der Waals surface area contributed by atoms with Crippen molar-refractivity contribution in [1.82, 2.24) is 0 Å². The van der Waals surface area contributed by atoms with E-state index in [0.29, 0.717) is 5.56 Å². The number of carbonyl (C=O) groups is 1. The standard InChI is InChI=1S/C18H20N2O8S2/c1-26-15-10-12(4-9-17(21)27-2)11-16(18(15)28-3)30(24,25)20-13-5-7-14(8-6-13)29(19,22)23/h4-11,20H,1-3H3,(H2,19,22,23)/b9-4+. The molecular formula is C18H20N2O8S2. The first kappa shape index (κ1) is 23.2. The van der Waals surface area contributed by atoms with Crippen LogP contribution in [-0.4, -0.2) is 44.1 Å². The number of primary sulfonamides is 1. The molecule has 2 rings (SSSR count). The largest absolute Gasteiger partial charge is 0.493 e. The molecule has 2 aromatic rings. The number of benzene rings is 2. The highest BCUT2D eigenvalue weighted by Gasteiger charge is 2.24. The van der Waals surface area contributed by atoms with Gasteiger partial charge in [0.15, 0.2) is 11.5 Å². The fraction of sp³-hybridized carbons (Fsp3) is 0.167. The number of carbonyl (C=O) groups excluding carboxylic acids is 1. The van der Waals surface area contributed by atoms with Crippen LogP contribution in [0.5, 0.6) is 11.5 Å². The monoisotopic (exact) mass is 456 g/mol. The summed E-state index contributed by atoms with van der Waals surface area (Å²) in [5.74, 6) is -0.557. The lowest BCUT2D eigenvalue weighted by Crippen LogP contribution is -2.15. The van der Waals surface area contributed by atoms with Gasteiger partial charge in [0.1, 0.15) is 4.90 Å². The molecule has 0 spiro atoms. The second kappa shape index (κ2) is 9.15. The van der Waals surface area contributed by atoms with Crippen LogP contribution in [0.2, 0.25) is 0 Å². The van der Waals surface area contributed by atoms with Crippen LogP contribution in [0.1, 0.15) is 5.56 Å². The molecule has 0 atom stereocenters. The maximum Gasteiger partial charge on any atom is 0.330 e. The summed E-state index contributed by atoms with van der Waals surface area (Å²) in [5.41, 5.74) is 0.432. The molecule has 12 heteroatoms. The van der Waals surface area contributed by atoms with Crippen molar-refractivity contribution in [3.63, 3.8) is 0 Å². The smallest absolute Gasteiger partial charge is 0.330 e. The maximum atomic E-state index is 13.0. The summed E-state index contributed by atoms with van der Waals surface area (Å²) < 4.78 is 65.9. The molecule has 0 saturated heterocycles. The Hall–Kier alpha value is -3.09. The van der Waals surface area contributed by atoms with Gasteiger partial charge in [0.25, 0.3) is 10.0 Å². The minimum Gasteiger partial charge on any atom is -0.493 e. The molecule has 0 radical (unpaired) electrons. The first-order valence-corrected chi connectivity index (χ1v) is 11.2. The first-order chi connectivity index (χ1) is 14.0. The van der Waals surface area contributed by atoms with E-state index in [4.69, 9.17) is 14.6 Å². The topological polar surface area (TPSA) is 151 Å². The van der Waals surface area contributed by atoms with Crippen LogP contribution in [0.25, 0.3) is 6.08 Å². The molecule has 3 N–H and O–H groups in total. The van der Waals surface area contributed by atoms with Gasteiger partial charge in [0.2, 0.25) is 10.0 Å². The number of nitrogens with two attached hydrogens (primary N) is 1. The highest BCUT2D eigenvalue weighted by molar-refractivity contribution is 7.92. The van der Waals surface area contributed by atoms with Gasteiger partial charge in [0, 0.05) is 11.8 Å². The number of rotatable bonds is 8. The summed E-state index contributed by atoms with van der Waals surface area (Å²) in [4.78, 5) is 10.9. The Morgan fingerprint density at radius 3 is 2.13 bits per heavy atom. The highest BCUT2D eigenvalue weighted by atomic mass is 32.2. The average Bonchev–Trinajstić information content (AvgIpc) is 2.70. The van der Waals surface area contributed by atoms with Crippen molar-refractivity contribution in [3.05, 3.63) is 48.0 Å². The Labute approximate surface area is 174 Å². The summed E-state index contributed by atoms with van der Waals surface area (Å²) in [5, 5.41) is 5.04. The summed E-state index contributed by atoms with van der Waals surface area (Å²) in [6, 6.07) is 7.60. The van der Waals surface area contributed by atoms with E-state index in [0.717, 1.165) is 6.08 Å². The number of anilines is 1. The van der Waals surface area contributed by atoms with Crippen LogP contribution in [0.15, 0.2) is 52.3 Å². The zero-order valence-corrected chi connectivity index (χ0v) is 17.9. The lowest BCUT2D eigenvalue weighted by Gasteiger charge is -2.15. The predicted molar refractivity (Wildman–Crippen MR) is 109 cm³/mol. The number of nitrogens with one attached hydrogen (secondary N) is 1. The summed E-state index contributed by atoms with van der Waals surface area (Å²) >= 11 is 0. The third-order valence-electron chi connectivity index (χ3n) is 3.80. The van der Waals surface area contributed by atoms with Gasteiger partial charge in [-0.3, -0.25) is 4.72 Å². The van der Waals surface area contributed by atoms with E-state index in [9.17, 15) is 21.6 Å². The van der Waals surface area contributed by atoms with Crippen LogP contribution in [0.4, 0.5) is 5.69 Å². The lowest BCUT2D eigenvalue weighted by atomic mass is 10.2. The Kier molecular flexibility index (Phi) is 7.08. The Bertz CT molecular complexity index is 1170. The van der Waals surface area contributed by atoms with Gasteiger partial charge in [-0.1, -0.05) is 0 Å². The molecule has 0 unspecified atom stereocenters. The number of ether oxygens (including phenoxy) is 3. The van der Waals surface area contributed by atoms with Crippen LogP contribution in [0, 0.1) is 0 Å². The summed E-state index contributed by atoms with van der Waals surface area (Å²) in [6.07, 6.45) is 2.48. The van der Waals surface area contributed by atoms with Gasteiger partial charge in [0.05, 0.1) is 26.2 Å². The molecule has 30 heavy (non-hydrogen) atoms. The van der Waals surface area contributed by atoms with Gasteiger partial charge in [-0.2, -0.15) is 0 Å². The normalized spacial score (nSPS) is 11.9. The number of methoxy groups -OCH3 is 3. The molecule has 162 valence electrons. The minimum atomic E-state index is -4.19. The van der Waals surface area contributed by atoms with E-state index in [2.05, 4.69) is 9.46 Å². The van der Waals surface area contributed by atoms with E-state index in [1.54, 1.807) is 0 Å². The van der Waals surface area contributed by atoms with Crippen LogP contribution in [0.3, 0.4) is 0 Å². The lowest BCUT2D eigenvalue weighted by molar-refractivity contribution is -0.134. The van der Waals surface area contributed by atoms with Crippen molar-refractivity contribution in [2.75, 3.05) is 26.1 Å². The van der Waals surface area contributed by atoms with E-state index in [1.807, 2.05) is 0 Å². The van der Waals surface area contributed by atoms with E-state index >= 15 is 0 Å². The van der Waals surface area contributed by atoms with Crippen molar-refractivity contribution in [3.8, 4) is 11.5 Å². The number of hydrogen-bond acceptors (Lipinski definition) is 8. The Balaban J connectivity index is 2.50. The first-order valence-electron chi connectivity index (χ1n) is 8.19. The second-order valence-corrected chi connectivity index (χ2v) is 9.00. The fourth-order valence-electron chi connectivity index (χ4n) is 2.40. The quantitative estimate of drug-likeness (QED) is 0.446. The molecule has 0 aliphatic rings. The molecule has 0 saturated carbocycles. The summed E-state index contributed by atoms with van der Waals surface area (Å²) in [6.45, 7) is 0. The van der Waals surface area contributed by atoms with Crippen LogP contribution < -0.4 is 19.3 Å². The Morgan fingerprint density at radius 1 is 1.00 bits per heavy atom. The molecule has 0 heterocycles. The molecule has 0 aliphatic heterocycles. The molecule has 10 nitrogen and oxygen atoms in total. The van der Waals surface area contributed by atoms with Gasteiger partial charge in [-0.05, 0) is 48.0 Å². The molecular weight excluding hydrogens is 436 g/mol. The van der Waals surface area contributed by atoms with Gasteiger partial charge in [-0.25, -0.2) is 26.8 Å². The van der Waals surface area contributed by atoms with Crippen molar-refractivity contribution >= 4 is 37.8 Å². The zero-order chi connectivity index (χ0) is 22.5. The summed E-state index contributed by atoms with van der Waals surface area (Å²) in [7, 11) is -4.28. The Morgan fingerprint density at radius 2 is 1.63 bits per heavy atom. The third-order valence-corrected chi connectivity index (χ3v) is 6.12. The average molecular weight is 456 g/mol. The van der Waals surface area contributed by atoms with Gasteiger partial charge >= 0.3 is 5.97 Å². The van der Waals surface area contributed by atoms with Gasteiger partial charge < -0.3 is 14.2 Å². The maximum absolute atomic E-state index is 13.0. The SMILES string of the molecule is COC(=O)/C=C/c1cc(OC)c(OC)c(S(=O)(=O)Nc2ccc(S(N)(=O)=O)cc2)c1. The highest BCUT2D eigenvalue weighted by Crippen LogP contribution is 2.37. The number of esters is 1. The van der Waals surface area contributed by atoms with Crippen molar-refractivity contribution < 1.29 is 35.8 Å². The molecule has 2 aromatic carbocycles. The number of sulfonamides is 2.